The van der Waals surface area contributed by atoms with Crippen LogP contribution in [0.5, 0.6) is 0 Å². The molecular weight excluding hydrogens is 468 g/mol. The van der Waals surface area contributed by atoms with Crippen molar-refractivity contribution in [2.45, 2.75) is 55.1 Å². The first-order valence-corrected chi connectivity index (χ1v) is 13.3. The lowest BCUT2D eigenvalue weighted by atomic mass is 9.98. The number of aromatic nitrogens is 3. The molecule has 3 aromatic rings. The van der Waals surface area contributed by atoms with Crippen molar-refractivity contribution in [3.05, 3.63) is 60.3 Å². The average Bonchev–Trinajstić information content (AvgIpc) is 3.39. The van der Waals surface area contributed by atoms with E-state index in [1.54, 1.807) is 23.0 Å². The molecule has 2 N–H and O–H groups in total. The van der Waals surface area contributed by atoms with E-state index in [2.05, 4.69) is 29.4 Å². The molecule has 0 radical (unpaired) electrons. The third-order valence-corrected chi connectivity index (χ3v) is 9.07. The van der Waals surface area contributed by atoms with Crippen molar-refractivity contribution in [1.29, 1.82) is 0 Å². The number of amides is 1. The summed E-state index contributed by atoms with van der Waals surface area (Å²) in [7, 11) is -4.08. The van der Waals surface area contributed by atoms with E-state index in [9.17, 15) is 18.4 Å². The van der Waals surface area contributed by atoms with Crippen LogP contribution in [0, 0.1) is 0 Å². The number of hydroxylamine groups is 1. The van der Waals surface area contributed by atoms with Crippen LogP contribution in [0.1, 0.15) is 44.6 Å². The standard InChI is InChI=1S/C25H30N4O5S/c1-2-3-4-5-19-6-8-20(9-7-19)23-18-29(28-26-23)21-10-12-22(13-11-21)35(32,33)25(24(30)27-31)14-16-34-17-15-25/h6-13,18,31H,2-5,14-17H2,1H3,(H,27,30). The number of nitrogens with one attached hydrogen (secondary N) is 1. The zero-order valence-corrected chi connectivity index (χ0v) is 20.5. The Morgan fingerprint density at radius 2 is 1.77 bits per heavy atom. The zero-order chi connectivity index (χ0) is 24.9. The lowest BCUT2D eigenvalue weighted by Crippen LogP contribution is -2.54. The van der Waals surface area contributed by atoms with Gasteiger partial charge in [0, 0.05) is 18.8 Å². The Kier molecular flexibility index (Phi) is 7.63. The fraction of sp³-hybridized carbons (Fsp3) is 0.400. The molecule has 0 aliphatic carbocycles. The number of rotatable bonds is 9. The predicted molar refractivity (Wildman–Crippen MR) is 130 cm³/mol. The molecule has 9 nitrogen and oxygen atoms in total. The molecule has 1 amide bonds. The number of nitrogens with zero attached hydrogens (tertiary/aromatic N) is 3. The van der Waals surface area contributed by atoms with E-state index in [0.29, 0.717) is 11.4 Å². The number of unbranched alkanes of at least 4 members (excludes halogenated alkanes) is 2. The number of hydrogen-bond donors (Lipinski definition) is 2. The van der Waals surface area contributed by atoms with Gasteiger partial charge in [0.25, 0.3) is 5.91 Å². The Morgan fingerprint density at radius 1 is 1.09 bits per heavy atom. The van der Waals surface area contributed by atoms with E-state index in [-0.39, 0.29) is 31.0 Å². The van der Waals surface area contributed by atoms with Crippen LogP contribution in [0.25, 0.3) is 16.9 Å². The normalized spacial score (nSPS) is 15.6. The first kappa shape index (κ1) is 25.0. The van der Waals surface area contributed by atoms with Crippen molar-refractivity contribution < 1.29 is 23.2 Å². The zero-order valence-electron chi connectivity index (χ0n) is 19.7. The molecule has 10 heteroatoms. The maximum Gasteiger partial charge on any atom is 0.265 e. The second kappa shape index (κ2) is 10.7. The Morgan fingerprint density at radius 3 is 2.40 bits per heavy atom. The number of benzene rings is 2. The number of sulfone groups is 1. The molecule has 2 aromatic carbocycles. The van der Waals surface area contributed by atoms with Gasteiger partial charge in [0.05, 0.1) is 16.8 Å². The van der Waals surface area contributed by atoms with Crippen molar-refractivity contribution in [1.82, 2.24) is 20.5 Å². The summed E-state index contributed by atoms with van der Waals surface area (Å²) >= 11 is 0. The molecule has 1 aliphatic heterocycles. The highest BCUT2D eigenvalue weighted by Crippen LogP contribution is 2.35. The number of hydrogen-bond acceptors (Lipinski definition) is 7. The molecule has 0 atom stereocenters. The number of ether oxygens (including phenoxy) is 1. The van der Waals surface area contributed by atoms with E-state index in [0.717, 1.165) is 12.0 Å². The van der Waals surface area contributed by atoms with E-state index in [1.807, 2.05) is 12.1 Å². The summed E-state index contributed by atoms with van der Waals surface area (Å²) in [5.74, 6) is -0.942. The van der Waals surface area contributed by atoms with Gasteiger partial charge in [0.2, 0.25) is 0 Å². The second-order valence-electron chi connectivity index (χ2n) is 8.75. The largest absolute Gasteiger partial charge is 0.381 e. The summed E-state index contributed by atoms with van der Waals surface area (Å²) in [5, 5.41) is 17.6. The summed E-state index contributed by atoms with van der Waals surface area (Å²) in [6, 6.07) is 14.4. The summed E-state index contributed by atoms with van der Waals surface area (Å²) in [6.45, 7) is 2.43. The lowest BCUT2D eigenvalue weighted by molar-refractivity contribution is -0.134. The van der Waals surface area contributed by atoms with Gasteiger partial charge in [-0.25, -0.2) is 18.6 Å². The molecule has 35 heavy (non-hydrogen) atoms. The van der Waals surface area contributed by atoms with Gasteiger partial charge in [-0.1, -0.05) is 49.2 Å². The topological polar surface area (TPSA) is 123 Å². The van der Waals surface area contributed by atoms with Crippen LogP contribution in [0.2, 0.25) is 0 Å². The highest BCUT2D eigenvalue weighted by atomic mass is 32.2. The maximum atomic E-state index is 13.4. The number of carbonyl (C=O) groups excluding carboxylic acids is 1. The van der Waals surface area contributed by atoms with Crippen LogP contribution in [-0.4, -0.2) is 52.5 Å². The van der Waals surface area contributed by atoms with E-state index >= 15 is 0 Å². The predicted octanol–water partition coefficient (Wildman–Crippen LogP) is 3.50. The average molecular weight is 499 g/mol. The highest BCUT2D eigenvalue weighted by Gasteiger charge is 2.52. The number of carbonyl (C=O) groups is 1. The van der Waals surface area contributed by atoms with Crippen LogP contribution >= 0.6 is 0 Å². The molecule has 0 saturated carbocycles. The van der Waals surface area contributed by atoms with Gasteiger partial charge in [-0.2, -0.15) is 0 Å². The summed E-state index contributed by atoms with van der Waals surface area (Å²) in [6.07, 6.45) is 6.37. The molecule has 1 fully saturated rings. The van der Waals surface area contributed by atoms with Crippen LogP contribution in [-0.2, 0) is 25.8 Å². The molecule has 2 heterocycles. The lowest BCUT2D eigenvalue weighted by Gasteiger charge is -2.34. The van der Waals surface area contributed by atoms with Gasteiger partial charge >= 0.3 is 0 Å². The van der Waals surface area contributed by atoms with Crippen LogP contribution in [0.4, 0.5) is 0 Å². The summed E-state index contributed by atoms with van der Waals surface area (Å²) in [4.78, 5) is 12.4. The van der Waals surface area contributed by atoms with Gasteiger partial charge in [-0.15, -0.1) is 5.10 Å². The molecule has 1 saturated heterocycles. The molecule has 0 spiro atoms. The van der Waals surface area contributed by atoms with E-state index in [1.165, 1.54) is 42.4 Å². The van der Waals surface area contributed by atoms with Crippen molar-refractivity contribution >= 4 is 15.7 Å². The fourth-order valence-corrected chi connectivity index (χ4v) is 6.31. The Labute approximate surface area is 205 Å². The van der Waals surface area contributed by atoms with E-state index in [4.69, 9.17) is 4.74 Å². The first-order chi connectivity index (χ1) is 16.9. The minimum absolute atomic E-state index is 0.00856. The molecule has 1 aromatic heterocycles. The van der Waals surface area contributed by atoms with Gasteiger partial charge in [-0.3, -0.25) is 10.0 Å². The first-order valence-electron chi connectivity index (χ1n) is 11.8. The van der Waals surface area contributed by atoms with Crippen molar-refractivity contribution in [3.8, 4) is 16.9 Å². The monoisotopic (exact) mass is 498 g/mol. The highest BCUT2D eigenvalue weighted by molar-refractivity contribution is 7.93. The molecular formula is C25H30N4O5S. The van der Waals surface area contributed by atoms with Gasteiger partial charge in [0.15, 0.2) is 14.6 Å². The molecule has 0 bridgehead atoms. The molecule has 4 rings (SSSR count). The molecule has 1 aliphatic rings. The fourth-order valence-electron chi connectivity index (χ4n) is 4.37. The molecule has 186 valence electrons. The minimum Gasteiger partial charge on any atom is -0.381 e. The third kappa shape index (κ3) is 5.00. The van der Waals surface area contributed by atoms with Crippen LogP contribution in [0.15, 0.2) is 59.6 Å². The third-order valence-electron chi connectivity index (χ3n) is 6.55. The Bertz CT molecular complexity index is 1250. The van der Waals surface area contributed by atoms with Gasteiger partial charge in [0.1, 0.15) is 5.69 Å². The van der Waals surface area contributed by atoms with E-state index < -0.39 is 20.5 Å². The Hall–Kier alpha value is -3.08. The summed E-state index contributed by atoms with van der Waals surface area (Å²) in [5.41, 5.74) is 5.11. The SMILES string of the molecule is CCCCCc1ccc(-c2cn(-c3ccc(S(=O)(=O)C4(C(=O)NO)CCOCC4)cc3)nn2)cc1. The smallest absolute Gasteiger partial charge is 0.265 e. The number of aryl methyl sites for hydroxylation is 1. The van der Waals surface area contributed by atoms with Crippen molar-refractivity contribution in [2.24, 2.45) is 0 Å². The Balaban J connectivity index is 1.53. The minimum atomic E-state index is -4.08. The maximum absolute atomic E-state index is 13.4. The van der Waals surface area contributed by atoms with Gasteiger partial charge in [-0.05, 0) is 55.5 Å². The van der Waals surface area contributed by atoms with Crippen molar-refractivity contribution in [2.75, 3.05) is 13.2 Å². The summed E-state index contributed by atoms with van der Waals surface area (Å²) < 4.78 is 31.8. The molecule has 0 unspecified atom stereocenters. The van der Waals surface area contributed by atoms with Crippen molar-refractivity contribution in [3.63, 3.8) is 0 Å². The van der Waals surface area contributed by atoms with Crippen LogP contribution < -0.4 is 5.48 Å². The van der Waals surface area contributed by atoms with Crippen LogP contribution in [0.3, 0.4) is 0 Å². The second-order valence-corrected chi connectivity index (χ2v) is 11.0. The quantitative estimate of drug-likeness (QED) is 0.263. The van der Waals surface area contributed by atoms with Gasteiger partial charge < -0.3 is 4.74 Å².